The molecule has 3 rings (SSSR count). The highest BCUT2D eigenvalue weighted by atomic mass is 16.5. The molecule has 7 nitrogen and oxygen atoms in total. The number of aromatic nitrogens is 1. The Bertz CT molecular complexity index is 749. The van der Waals surface area contributed by atoms with Crippen LogP contribution in [0.15, 0.2) is 48.8 Å². The number of benzene rings is 1. The fourth-order valence-electron chi connectivity index (χ4n) is 2.79. The molecule has 1 aliphatic heterocycles. The fourth-order valence-corrected chi connectivity index (χ4v) is 2.79. The number of amides is 3. The molecule has 0 radical (unpaired) electrons. The molecule has 1 aromatic carbocycles. The molecule has 0 aliphatic carbocycles. The number of ether oxygens (including phenoxy) is 1. The summed E-state index contributed by atoms with van der Waals surface area (Å²) in [6, 6.07) is 10.9. The monoisotopic (exact) mass is 354 g/mol. The molecule has 0 bridgehead atoms. The molecule has 136 valence electrons. The van der Waals surface area contributed by atoms with Crippen LogP contribution in [0.4, 0.5) is 10.5 Å². The number of carbonyl (C=O) groups excluding carboxylic acids is 2. The van der Waals surface area contributed by atoms with Crippen LogP contribution in [0.1, 0.15) is 12.5 Å². The third-order valence-corrected chi connectivity index (χ3v) is 4.10. The Labute approximate surface area is 152 Å². The summed E-state index contributed by atoms with van der Waals surface area (Å²) < 4.78 is 5.42. The van der Waals surface area contributed by atoms with E-state index in [1.807, 2.05) is 43.3 Å². The first kappa shape index (κ1) is 17.7. The van der Waals surface area contributed by atoms with E-state index in [9.17, 15) is 9.59 Å². The van der Waals surface area contributed by atoms with Gasteiger partial charge in [0.25, 0.3) is 0 Å². The lowest BCUT2D eigenvalue weighted by Crippen LogP contribution is -2.39. The van der Waals surface area contributed by atoms with E-state index in [-0.39, 0.29) is 18.5 Å². The van der Waals surface area contributed by atoms with Crippen molar-refractivity contribution in [2.45, 2.75) is 13.5 Å². The Morgan fingerprint density at radius 2 is 2.04 bits per heavy atom. The lowest BCUT2D eigenvalue weighted by Gasteiger charge is -2.18. The van der Waals surface area contributed by atoms with Crippen molar-refractivity contribution >= 4 is 17.6 Å². The maximum atomic E-state index is 12.6. The Morgan fingerprint density at radius 1 is 1.23 bits per heavy atom. The van der Waals surface area contributed by atoms with E-state index in [0.29, 0.717) is 26.2 Å². The molecule has 1 N–H and O–H groups in total. The molecule has 1 fully saturated rings. The Kier molecular flexibility index (Phi) is 5.68. The highest BCUT2D eigenvalue weighted by molar-refractivity contribution is 5.96. The van der Waals surface area contributed by atoms with Crippen molar-refractivity contribution in [1.29, 1.82) is 0 Å². The van der Waals surface area contributed by atoms with Crippen molar-refractivity contribution in [3.05, 3.63) is 54.4 Å². The van der Waals surface area contributed by atoms with E-state index in [1.54, 1.807) is 22.2 Å². The topological polar surface area (TPSA) is 74.8 Å². The largest absolute Gasteiger partial charge is 0.494 e. The third-order valence-electron chi connectivity index (χ3n) is 4.10. The van der Waals surface area contributed by atoms with Gasteiger partial charge in [-0.2, -0.15) is 0 Å². The number of anilines is 1. The van der Waals surface area contributed by atoms with Crippen LogP contribution in [-0.4, -0.2) is 48.1 Å². The molecule has 7 heteroatoms. The van der Waals surface area contributed by atoms with E-state index >= 15 is 0 Å². The minimum Gasteiger partial charge on any atom is -0.494 e. The van der Waals surface area contributed by atoms with Crippen LogP contribution in [0.3, 0.4) is 0 Å². The molecule has 0 unspecified atom stereocenters. The summed E-state index contributed by atoms with van der Waals surface area (Å²) in [7, 11) is 0. The number of pyridine rings is 1. The molecular weight excluding hydrogens is 332 g/mol. The van der Waals surface area contributed by atoms with Gasteiger partial charge in [0.15, 0.2) is 0 Å². The summed E-state index contributed by atoms with van der Waals surface area (Å²) in [6.07, 6.45) is 3.39. The van der Waals surface area contributed by atoms with E-state index in [1.165, 1.54) is 0 Å². The minimum atomic E-state index is -0.184. The van der Waals surface area contributed by atoms with Crippen LogP contribution in [0, 0.1) is 0 Å². The Balaban J connectivity index is 1.52. The van der Waals surface area contributed by atoms with Crippen molar-refractivity contribution in [2.75, 3.05) is 31.1 Å². The quantitative estimate of drug-likeness (QED) is 0.826. The van der Waals surface area contributed by atoms with Gasteiger partial charge in [-0.05, 0) is 42.8 Å². The standard InChI is InChI=1S/C19H22N4O3/c1-2-26-17-7-5-16(6-8-17)23-11-10-22(19(23)25)14-18(24)21-13-15-4-3-9-20-12-15/h3-9,12H,2,10-11,13-14H2,1H3,(H,21,24). The summed E-state index contributed by atoms with van der Waals surface area (Å²) in [5.41, 5.74) is 1.72. The summed E-state index contributed by atoms with van der Waals surface area (Å²) in [4.78, 5) is 31.9. The zero-order valence-corrected chi connectivity index (χ0v) is 14.7. The van der Waals surface area contributed by atoms with Gasteiger partial charge in [0.1, 0.15) is 12.3 Å². The fraction of sp³-hybridized carbons (Fsp3) is 0.316. The number of carbonyl (C=O) groups is 2. The smallest absolute Gasteiger partial charge is 0.325 e. The van der Waals surface area contributed by atoms with Gasteiger partial charge >= 0.3 is 6.03 Å². The third kappa shape index (κ3) is 4.30. The number of hydrogen-bond acceptors (Lipinski definition) is 4. The molecule has 1 saturated heterocycles. The molecule has 0 spiro atoms. The maximum absolute atomic E-state index is 12.6. The van der Waals surface area contributed by atoms with Gasteiger partial charge < -0.3 is 15.0 Å². The minimum absolute atomic E-state index is 0.0482. The normalized spacial score (nSPS) is 13.8. The van der Waals surface area contributed by atoms with Gasteiger partial charge in [-0.3, -0.25) is 14.7 Å². The van der Waals surface area contributed by atoms with Crippen molar-refractivity contribution in [3.8, 4) is 5.75 Å². The second kappa shape index (κ2) is 8.33. The first-order valence-electron chi connectivity index (χ1n) is 8.62. The first-order chi connectivity index (χ1) is 12.7. The number of nitrogens with one attached hydrogen (secondary N) is 1. The number of rotatable bonds is 7. The van der Waals surface area contributed by atoms with Gasteiger partial charge in [-0.15, -0.1) is 0 Å². The van der Waals surface area contributed by atoms with Crippen LogP contribution in [-0.2, 0) is 11.3 Å². The molecule has 0 saturated carbocycles. The van der Waals surface area contributed by atoms with Crippen LogP contribution < -0.4 is 15.0 Å². The van der Waals surface area contributed by atoms with Crippen LogP contribution in [0.5, 0.6) is 5.75 Å². The molecule has 2 heterocycles. The van der Waals surface area contributed by atoms with E-state index in [4.69, 9.17) is 4.74 Å². The number of hydrogen-bond donors (Lipinski definition) is 1. The van der Waals surface area contributed by atoms with Crippen molar-refractivity contribution in [2.24, 2.45) is 0 Å². The first-order valence-corrected chi connectivity index (χ1v) is 8.62. The SMILES string of the molecule is CCOc1ccc(N2CCN(CC(=O)NCc3cccnc3)C2=O)cc1. The Hall–Kier alpha value is -3.09. The Morgan fingerprint density at radius 3 is 2.73 bits per heavy atom. The maximum Gasteiger partial charge on any atom is 0.325 e. The molecule has 1 aromatic heterocycles. The average molecular weight is 354 g/mol. The van der Waals surface area contributed by atoms with Crippen LogP contribution >= 0.6 is 0 Å². The van der Waals surface area contributed by atoms with Gasteiger partial charge in [0, 0.05) is 37.7 Å². The molecule has 1 aliphatic rings. The lowest BCUT2D eigenvalue weighted by molar-refractivity contribution is -0.121. The molecule has 3 amide bonds. The summed E-state index contributed by atoms with van der Waals surface area (Å²) in [5, 5.41) is 2.81. The predicted molar refractivity (Wildman–Crippen MR) is 98.0 cm³/mol. The number of nitrogens with zero attached hydrogens (tertiary/aromatic N) is 3. The molecule has 0 atom stereocenters. The van der Waals surface area contributed by atoms with Gasteiger partial charge in [-0.25, -0.2) is 4.79 Å². The average Bonchev–Trinajstić information content (AvgIpc) is 3.02. The second-order valence-corrected chi connectivity index (χ2v) is 5.92. The highest BCUT2D eigenvalue weighted by Gasteiger charge is 2.30. The summed E-state index contributed by atoms with van der Waals surface area (Å²) in [6.45, 7) is 4.05. The van der Waals surface area contributed by atoms with Crippen LogP contribution in [0.2, 0.25) is 0 Å². The summed E-state index contributed by atoms with van der Waals surface area (Å²) >= 11 is 0. The van der Waals surface area contributed by atoms with Crippen molar-refractivity contribution in [3.63, 3.8) is 0 Å². The predicted octanol–water partition coefficient (Wildman–Crippen LogP) is 2.04. The zero-order chi connectivity index (χ0) is 18.4. The van der Waals surface area contributed by atoms with E-state index < -0.39 is 0 Å². The van der Waals surface area contributed by atoms with Crippen LogP contribution in [0.25, 0.3) is 0 Å². The van der Waals surface area contributed by atoms with Gasteiger partial charge in [-0.1, -0.05) is 6.07 Å². The lowest BCUT2D eigenvalue weighted by atomic mass is 10.3. The molecule has 2 aromatic rings. The molecular formula is C19H22N4O3. The molecule has 26 heavy (non-hydrogen) atoms. The summed E-state index contributed by atoms with van der Waals surface area (Å²) in [5.74, 6) is 0.588. The zero-order valence-electron chi connectivity index (χ0n) is 14.7. The van der Waals surface area contributed by atoms with Crippen molar-refractivity contribution < 1.29 is 14.3 Å². The van der Waals surface area contributed by atoms with Gasteiger partial charge in [0.05, 0.1) is 6.61 Å². The second-order valence-electron chi connectivity index (χ2n) is 5.92. The van der Waals surface area contributed by atoms with Gasteiger partial charge in [0.2, 0.25) is 5.91 Å². The highest BCUT2D eigenvalue weighted by Crippen LogP contribution is 2.23. The van der Waals surface area contributed by atoms with Crippen molar-refractivity contribution in [1.82, 2.24) is 15.2 Å². The number of urea groups is 1. The van der Waals surface area contributed by atoms with E-state index in [2.05, 4.69) is 10.3 Å². The van der Waals surface area contributed by atoms with E-state index in [0.717, 1.165) is 17.0 Å².